The summed E-state index contributed by atoms with van der Waals surface area (Å²) in [5.74, 6) is -1.24. The van der Waals surface area contributed by atoms with E-state index in [-0.39, 0.29) is 66.5 Å². The molecule has 4 fully saturated rings. The number of carbonyl (C=O) groups excluding carboxylic acids is 5. The van der Waals surface area contributed by atoms with Crippen molar-refractivity contribution in [2.75, 3.05) is 61.5 Å². The molecule has 4 aliphatic heterocycles. The third-order valence-electron chi connectivity index (χ3n) is 13.3. The van der Waals surface area contributed by atoms with Crippen LogP contribution in [0.3, 0.4) is 0 Å². The number of imide groups is 2. The zero-order valence-corrected chi connectivity index (χ0v) is 37.6. The largest absolute Gasteiger partial charge is 0.478 e. The maximum absolute atomic E-state index is 13.4. The van der Waals surface area contributed by atoms with Gasteiger partial charge < -0.3 is 34.5 Å². The average Bonchev–Trinajstić information content (AvgIpc) is 3.52. The van der Waals surface area contributed by atoms with Crippen LogP contribution in [0, 0.1) is 0 Å². The number of hydrogen-bond acceptors (Lipinski definition) is 14. The second-order valence-electron chi connectivity index (χ2n) is 17.8. The Hall–Kier alpha value is -6.11. The highest BCUT2D eigenvalue weighted by Crippen LogP contribution is 2.36. The van der Waals surface area contributed by atoms with Crippen molar-refractivity contribution in [2.24, 2.45) is 0 Å². The van der Waals surface area contributed by atoms with Gasteiger partial charge in [0.1, 0.15) is 11.1 Å². The van der Waals surface area contributed by atoms with Gasteiger partial charge in [-0.25, -0.2) is 4.98 Å². The van der Waals surface area contributed by atoms with E-state index < -0.39 is 29.7 Å². The van der Waals surface area contributed by atoms with Gasteiger partial charge in [-0.3, -0.25) is 43.9 Å². The summed E-state index contributed by atoms with van der Waals surface area (Å²) in [6.07, 6.45) is 5.78. The van der Waals surface area contributed by atoms with E-state index in [9.17, 15) is 28.8 Å². The third kappa shape index (κ3) is 8.73. The van der Waals surface area contributed by atoms with Crippen molar-refractivity contribution in [2.45, 2.75) is 95.7 Å². The van der Waals surface area contributed by atoms with Crippen LogP contribution in [-0.2, 0) is 19.1 Å². The summed E-state index contributed by atoms with van der Waals surface area (Å²) in [7, 11) is 1.51. The van der Waals surface area contributed by atoms with E-state index in [2.05, 4.69) is 42.6 Å². The first-order chi connectivity index (χ1) is 31.3. The van der Waals surface area contributed by atoms with E-state index in [0.717, 1.165) is 79.9 Å². The number of hydrogen-bond donors (Lipinski definition) is 3. The van der Waals surface area contributed by atoms with Crippen LogP contribution in [0.25, 0.3) is 10.9 Å². The lowest BCUT2D eigenvalue weighted by molar-refractivity contribution is -0.136. The van der Waals surface area contributed by atoms with Gasteiger partial charge in [0.15, 0.2) is 18.2 Å². The number of nitrogens with zero attached hydrogens (tertiary/aromatic N) is 7. The van der Waals surface area contributed by atoms with Crippen LogP contribution >= 0.6 is 11.6 Å². The standard InChI is InChI=1S/C46H53ClN10O8/c1-25(2)56-36-8-5-28(17-27(36)18-38(45(56)63)64-24-40(59)48-4)50-41-35(47)22-49-46(52-41)53-13-11-31(12-14-53)65-32-19-30(20-32)55-16-15-54(23-26(55)3)29-6-7-33-34(21-29)44(62)57(43(33)61)37-9-10-39(58)51-42(37)60/h5-8,17-18,21-22,25-26,30-32,37H,9-16,19-20,23-24H2,1-4H3,(H,48,59)(H,49,50,52)(H,51,58,60)/t26-,30-,32-,37?/m1/s1. The Kier molecular flexibility index (Phi) is 12.2. The Balaban J connectivity index is 0.756. The van der Waals surface area contributed by atoms with E-state index in [1.807, 2.05) is 38.1 Å². The summed E-state index contributed by atoms with van der Waals surface area (Å²) in [4.78, 5) is 93.2. The lowest BCUT2D eigenvalue weighted by Crippen LogP contribution is -2.60. The van der Waals surface area contributed by atoms with Crippen molar-refractivity contribution >= 4 is 75.2 Å². The number of likely N-dealkylation sites (N-methyl/N-ethyl adjacent to an activating group) is 1. The molecule has 342 valence electrons. The molecule has 65 heavy (non-hydrogen) atoms. The number of benzene rings is 2. The second kappa shape index (κ2) is 18.0. The Morgan fingerprint density at radius 3 is 2.42 bits per heavy atom. The molecule has 5 amide bonds. The van der Waals surface area contributed by atoms with E-state index >= 15 is 0 Å². The minimum Gasteiger partial charge on any atom is -0.478 e. The maximum atomic E-state index is 13.4. The van der Waals surface area contributed by atoms with E-state index in [1.54, 1.807) is 29.0 Å². The molecule has 1 saturated carbocycles. The number of anilines is 4. The highest BCUT2D eigenvalue weighted by molar-refractivity contribution is 6.33. The Morgan fingerprint density at radius 1 is 0.923 bits per heavy atom. The molecular formula is C46H53ClN10O8. The number of piperidine rings is 2. The van der Waals surface area contributed by atoms with Gasteiger partial charge in [-0.1, -0.05) is 11.6 Å². The number of halogens is 1. The fraction of sp³-hybridized carbons (Fsp3) is 0.478. The van der Waals surface area contributed by atoms with Gasteiger partial charge >= 0.3 is 0 Å². The molecule has 2 aromatic heterocycles. The molecule has 4 aromatic rings. The minimum atomic E-state index is -0.988. The van der Waals surface area contributed by atoms with Crippen molar-refractivity contribution in [1.29, 1.82) is 0 Å². The van der Waals surface area contributed by atoms with Crippen LogP contribution in [-0.4, -0.2) is 131 Å². The fourth-order valence-electron chi connectivity index (χ4n) is 9.75. The number of rotatable bonds is 12. The second-order valence-corrected chi connectivity index (χ2v) is 18.2. The first-order valence-corrected chi connectivity index (χ1v) is 22.7. The minimum absolute atomic E-state index is 0.0816. The molecule has 5 aliphatic rings. The molecule has 0 spiro atoms. The van der Waals surface area contributed by atoms with Crippen LogP contribution in [0.4, 0.5) is 23.1 Å². The summed E-state index contributed by atoms with van der Waals surface area (Å²) in [6, 6.07) is 12.1. The zero-order chi connectivity index (χ0) is 45.7. The van der Waals surface area contributed by atoms with Crippen LogP contribution < -0.4 is 36.0 Å². The molecule has 2 atom stereocenters. The number of amides is 5. The quantitative estimate of drug-likeness (QED) is 0.172. The molecule has 19 heteroatoms. The van der Waals surface area contributed by atoms with E-state index in [4.69, 9.17) is 26.1 Å². The summed E-state index contributed by atoms with van der Waals surface area (Å²) in [6.45, 7) is 9.66. The highest BCUT2D eigenvalue weighted by Gasteiger charge is 2.45. The van der Waals surface area contributed by atoms with Crippen LogP contribution in [0.2, 0.25) is 5.02 Å². The van der Waals surface area contributed by atoms with Crippen molar-refractivity contribution < 1.29 is 33.4 Å². The first kappa shape index (κ1) is 44.1. The van der Waals surface area contributed by atoms with Crippen LogP contribution in [0.1, 0.15) is 86.1 Å². The van der Waals surface area contributed by atoms with Gasteiger partial charge in [-0.15, -0.1) is 0 Å². The van der Waals surface area contributed by atoms with Crippen LogP contribution in [0.15, 0.2) is 53.5 Å². The number of pyridine rings is 1. The first-order valence-electron chi connectivity index (χ1n) is 22.3. The number of aromatic nitrogens is 3. The van der Waals surface area contributed by atoms with Crippen molar-refractivity contribution in [3.05, 3.63) is 75.2 Å². The van der Waals surface area contributed by atoms with Crippen molar-refractivity contribution in [1.82, 2.24) is 35.0 Å². The molecular weight excluding hydrogens is 856 g/mol. The molecule has 0 bridgehead atoms. The third-order valence-corrected chi connectivity index (χ3v) is 13.5. The van der Waals surface area contributed by atoms with Crippen LogP contribution in [0.5, 0.6) is 5.75 Å². The number of nitrogens with one attached hydrogen (secondary N) is 3. The highest BCUT2D eigenvalue weighted by atomic mass is 35.5. The summed E-state index contributed by atoms with van der Waals surface area (Å²) >= 11 is 6.60. The maximum Gasteiger partial charge on any atom is 0.293 e. The smallest absolute Gasteiger partial charge is 0.293 e. The predicted molar refractivity (Wildman–Crippen MR) is 243 cm³/mol. The lowest BCUT2D eigenvalue weighted by atomic mass is 9.86. The molecule has 3 saturated heterocycles. The number of piperazine rings is 1. The summed E-state index contributed by atoms with van der Waals surface area (Å²) in [5, 5.41) is 9.18. The molecule has 3 N–H and O–H groups in total. The Morgan fingerprint density at radius 2 is 1.69 bits per heavy atom. The van der Waals surface area contributed by atoms with Gasteiger partial charge in [0.05, 0.1) is 35.0 Å². The monoisotopic (exact) mass is 908 g/mol. The molecule has 6 heterocycles. The van der Waals surface area contributed by atoms with Gasteiger partial charge in [0.25, 0.3) is 23.3 Å². The van der Waals surface area contributed by atoms with Gasteiger partial charge in [-0.2, -0.15) is 4.98 Å². The normalized spacial score (nSPS) is 22.9. The van der Waals surface area contributed by atoms with Gasteiger partial charge in [-0.05, 0) is 95.3 Å². The zero-order valence-electron chi connectivity index (χ0n) is 36.8. The van der Waals surface area contributed by atoms with E-state index in [1.165, 1.54) is 7.05 Å². The molecule has 18 nitrogen and oxygen atoms in total. The molecule has 1 aliphatic carbocycles. The SMILES string of the molecule is CNC(=O)COc1cc2cc(Nc3nc(N4CCC(O[C@H]5C[C@H](N6CCN(c7ccc8c(c7)C(=O)N(C7CCC(=O)NC7=O)C8=O)C[C@H]6C)C5)CC4)ncc3Cl)ccc2n(C(C)C)c1=O. The fourth-order valence-corrected chi connectivity index (χ4v) is 9.89. The molecule has 9 rings (SSSR count). The molecule has 2 aromatic carbocycles. The Labute approximate surface area is 380 Å². The average molecular weight is 909 g/mol. The van der Waals surface area contributed by atoms with Crippen molar-refractivity contribution in [3.63, 3.8) is 0 Å². The molecule has 0 radical (unpaired) electrons. The lowest BCUT2D eigenvalue weighted by Gasteiger charge is -2.50. The summed E-state index contributed by atoms with van der Waals surface area (Å²) in [5.41, 5.74) is 2.56. The van der Waals surface area contributed by atoms with Gasteiger partial charge in [0.2, 0.25) is 17.8 Å². The summed E-state index contributed by atoms with van der Waals surface area (Å²) < 4.78 is 13.9. The number of ether oxygens (including phenoxy) is 2. The molecule has 1 unspecified atom stereocenters. The number of carbonyl (C=O) groups is 5. The number of fused-ring (bicyclic) bond motifs is 2. The predicted octanol–water partition coefficient (Wildman–Crippen LogP) is 4.02. The van der Waals surface area contributed by atoms with Gasteiger partial charge in [0, 0.05) is 81.1 Å². The topological polar surface area (TPSA) is 201 Å². The Bertz CT molecular complexity index is 2630. The van der Waals surface area contributed by atoms with Crippen molar-refractivity contribution in [3.8, 4) is 5.75 Å². The van der Waals surface area contributed by atoms with E-state index in [0.29, 0.717) is 34.1 Å².